The number of pyridine rings is 1. The van der Waals surface area contributed by atoms with Crippen molar-refractivity contribution in [1.82, 2.24) is 20.2 Å². The Balaban J connectivity index is 2.01. The molecule has 0 radical (unpaired) electrons. The molecule has 0 saturated carbocycles. The molecular formula is C16H16N4O5S. The van der Waals surface area contributed by atoms with Crippen molar-refractivity contribution in [2.45, 2.75) is 5.16 Å². The van der Waals surface area contributed by atoms with Gasteiger partial charge in [-0.25, -0.2) is 18.5 Å². The lowest BCUT2D eigenvalue weighted by molar-refractivity contribution is 0.406. The Labute approximate surface area is 149 Å². The molecule has 0 fully saturated rings. The summed E-state index contributed by atoms with van der Waals surface area (Å²) in [6, 6.07) is 8.53. The number of rotatable bonds is 6. The predicted octanol–water partition coefficient (Wildman–Crippen LogP) is 2.08. The smallest absolute Gasteiger partial charge is 0.243 e. The molecule has 0 bridgehead atoms. The van der Waals surface area contributed by atoms with Crippen molar-refractivity contribution in [3.05, 3.63) is 36.5 Å². The van der Waals surface area contributed by atoms with E-state index in [1.54, 1.807) is 37.4 Å². The fourth-order valence-electron chi connectivity index (χ4n) is 2.07. The van der Waals surface area contributed by atoms with Crippen molar-refractivity contribution >= 4 is 9.84 Å². The lowest BCUT2D eigenvalue weighted by atomic mass is 10.2. The van der Waals surface area contributed by atoms with Crippen LogP contribution >= 0.6 is 0 Å². The number of hydrogen-bond acceptors (Lipinski definition) is 8. The summed E-state index contributed by atoms with van der Waals surface area (Å²) >= 11 is 0. The Morgan fingerprint density at radius 3 is 2.23 bits per heavy atom. The molecule has 0 unspecified atom stereocenters. The van der Waals surface area contributed by atoms with E-state index in [9.17, 15) is 8.42 Å². The number of aromatic nitrogens is 4. The molecule has 0 amide bonds. The van der Waals surface area contributed by atoms with Gasteiger partial charge in [0.25, 0.3) is 0 Å². The van der Waals surface area contributed by atoms with E-state index in [0.29, 0.717) is 22.8 Å². The first-order chi connectivity index (χ1) is 12.4. The van der Waals surface area contributed by atoms with Crippen LogP contribution in [0.1, 0.15) is 0 Å². The van der Waals surface area contributed by atoms with Gasteiger partial charge in [0.05, 0.1) is 26.0 Å². The molecule has 136 valence electrons. The first-order valence-corrected chi connectivity index (χ1v) is 9.28. The van der Waals surface area contributed by atoms with Gasteiger partial charge in [-0.2, -0.15) is 10.1 Å². The topological polar surface area (TPSA) is 116 Å². The molecule has 1 N–H and O–H groups in total. The number of H-pyrrole nitrogens is 1. The minimum Gasteiger partial charge on any atom is -0.497 e. The fraction of sp³-hybridized carbons (Fsp3) is 0.188. The SMILES string of the molecule is COc1ccc(Oc2ncc(OC)cc2-c2n[nH]c(S(C)(=O)=O)n2)cc1. The zero-order valence-electron chi connectivity index (χ0n) is 14.3. The lowest BCUT2D eigenvalue weighted by Gasteiger charge is -2.10. The number of hydrogen-bond donors (Lipinski definition) is 1. The Hall–Kier alpha value is -3.14. The van der Waals surface area contributed by atoms with Crippen molar-refractivity contribution in [2.75, 3.05) is 20.5 Å². The van der Waals surface area contributed by atoms with E-state index in [4.69, 9.17) is 14.2 Å². The van der Waals surface area contributed by atoms with Gasteiger partial charge in [-0.3, -0.25) is 0 Å². The number of nitrogens with one attached hydrogen (secondary N) is 1. The van der Waals surface area contributed by atoms with Gasteiger partial charge in [0.1, 0.15) is 17.2 Å². The second-order valence-corrected chi connectivity index (χ2v) is 7.17. The predicted molar refractivity (Wildman–Crippen MR) is 92.3 cm³/mol. The second-order valence-electron chi connectivity index (χ2n) is 5.24. The van der Waals surface area contributed by atoms with E-state index in [1.807, 2.05) is 0 Å². The normalized spacial score (nSPS) is 11.2. The molecule has 9 nitrogen and oxygen atoms in total. The van der Waals surface area contributed by atoms with Gasteiger partial charge >= 0.3 is 0 Å². The van der Waals surface area contributed by atoms with Crippen molar-refractivity contribution in [3.63, 3.8) is 0 Å². The highest BCUT2D eigenvalue weighted by Crippen LogP contribution is 2.33. The van der Waals surface area contributed by atoms with Crippen molar-refractivity contribution in [1.29, 1.82) is 0 Å². The van der Waals surface area contributed by atoms with E-state index in [-0.39, 0.29) is 16.9 Å². The number of aromatic amines is 1. The summed E-state index contributed by atoms with van der Waals surface area (Å²) in [5.74, 6) is 1.98. The van der Waals surface area contributed by atoms with Gasteiger partial charge in [0.15, 0.2) is 5.82 Å². The second kappa shape index (κ2) is 7.00. The Morgan fingerprint density at radius 2 is 1.65 bits per heavy atom. The maximum atomic E-state index is 11.6. The maximum absolute atomic E-state index is 11.6. The molecule has 3 rings (SSSR count). The van der Waals surface area contributed by atoms with Crippen molar-refractivity contribution < 1.29 is 22.6 Å². The van der Waals surface area contributed by atoms with Gasteiger partial charge in [-0.15, -0.1) is 0 Å². The van der Waals surface area contributed by atoms with E-state index in [0.717, 1.165) is 6.26 Å². The average Bonchev–Trinajstić information content (AvgIpc) is 3.13. The minimum absolute atomic E-state index is 0.125. The van der Waals surface area contributed by atoms with Gasteiger partial charge < -0.3 is 14.2 Å². The van der Waals surface area contributed by atoms with Crippen LogP contribution < -0.4 is 14.2 Å². The molecule has 3 aromatic rings. The van der Waals surface area contributed by atoms with Crippen LogP contribution in [0.15, 0.2) is 41.7 Å². The number of nitrogens with zero attached hydrogens (tertiary/aromatic N) is 3. The standard InChI is InChI=1S/C16H16N4O5S/c1-23-10-4-6-11(7-5-10)25-15-13(8-12(24-2)9-17-15)14-18-16(20-19-14)26(3,21)22/h4-9H,1-3H3,(H,18,19,20). The molecule has 0 aliphatic rings. The molecule has 2 aromatic heterocycles. The number of sulfone groups is 1. The quantitative estimate of drug-likeness (QED) is 0.695. The Bertz CT molecular complexity index is 1020. The van der Waals surface area contributed by atoms with Gasteiger partial charge in [0.2, 0.25) is 20.9 Å². The number of methoxy groups -OCH3 is 2. The minimum atomic E-state index is -3.52. The van der Waals surface area contributed by atoms with Crippen LogP contribution in [0.25, 0.3) is 11.4 Å². The van der Waals surface area contributed by atoms with Gasteiger partial charge in [0, 0.05) is 6.26 Å². The molecule has 0 aliphatic heterocycles. The summed E-state index contributed by atoms with van der Waals surface area (Å²) in [5.41, 5.74) is 0.381. The Morgan fingerprint density at radius 1 is 1.00 bits per heavy atom. The van der Waals surface area contributed by atoms with Crippen LogP contribution in [0.2, 0.25) is 0 Å². The van der Waals surface area contributed by atoms with Gasteiger partial charge in [-0.05, 0) is 30.3 Å². The zero-order chi connectivity index (χ0) is 18.7. The van der Waals surface area contributed by atoms with Crippen LogP contribution in [-0.4, -0.2) is 49.1 Å². The summed E-state index contributed by atoms with van der Waals surface area (Å²) < 4.78 is 39.3. The number of ether oxygens (including phenoxy) is 3. The fourth-order valence-corrected chi connectivity index (χ4v) is 2.54. The molecule has 2 heterocycles. The molecule has 0 saturated heterocycles. The third kappa shape index (κ3) is 3.75. The van der Waals surface area contributed by atoms with Crippen molar-refractivity contribution in [2.24, 2.45) is 0 Å². The highest BCUT2D eigenvalue weighted by atomic mass is 32.2. The van der Waals surface area contributed by atoms with Crippen LogP contribution in [0.3, 0.4) is 0 Å². The lowest BCUT2D eigenvalue weighted by Crippen LogP contribution is -1.99. The van der Waals surface area contributed by atoms with E-state index in [2.05, 4.69) is 20.2 Å². The zero-order valence-corrected chi connectivity index (χ0v) is 15.1. The van der Waals surface area contributed by atoms with Crippen molar-refractivity contribution in [3.8, 4) is 34.5 Å². The molecule has 26 heavy (non-hydrogen) atoms. The van der Waals surface area contributed by atoms with Crippen LogP contribution in [0.4, 0.5) is 0 Å². The Kier molecular flexibility index (Phi) is 4.76. The molecular weight excluding hydrogens is 360 g/mol. The van der Waals surface area contributed by atoms with Gasteiger partial charge in [-0.1, -0.05) is 0 Å². The highest BCUT2D eigenvalue weighted by molar-refractivity contribution is 7.90. The van der Waals surface area contributed by atoms with Crippen LogP contribution in [-0.2, 0) is 9.84 Å². The highest BCUT2D eigenvalue weighted by Gasteiger charge is 2.19. The molecule has 1 aromatic carbocycles. The van der Waals surface area contributed by atoms with E-state index in [1.165, 1.54) is 13.3 Å². The monoisotopic (exact) mass is 376 g/mol. The summed E-state index contributed by atoms with van der Waals surface area (Å²) in [4.78, 5) is 8.22. The van der Waals surface area contributed by atoms with Crippen LogP contribution in [0, 0.1) is 0 Å². The summed E-state index contributed by atoms with van der Waals surface area (Å²) in [6.45, 7) is 0. The molecule has 0 spiro atoms. The third-order valence-electron chi connectivity index (χ3n) is 3.39. The largest absolute Gasteiger partial charge is 0.497 e. The van der Waals surface area contributed by atoms with E-state index >= 15 is 0 Å². The number of benzene rings is 1. The molecule has 0 atom stereocenters. The average molecular weight is 376 g/mol. The summed E-state index contributed by atoms with van der Waals surface area (Å²) in [6.07, 6.45) is 2.52. The molecule has 0 aliphatic carbocycles. The first-order valence-electron chi connectivity index (χ1n) is 7.39. The van der Waals surface area contributed by atoms with Crippen LogP contribution in [0.5, 0.6) is 23.1 Å². The molecule has 10 heteroatoms. The third-order valence-corrected chi connectivity index (χ3v) is 4.28. The van der Waals surface area contributed by atoms with E-state index < -0.39 is 9.84 Å². The maximum Gasteiger partial charge on any atom is 0.243 e. The summed E-state index contributed by atoms with van der Waals surface area (Å²) in [5, 5.41) is 6.10. The first kappa shape index (κ1) is 17.7. The summed E-state index contributed by atoms with van der Waals surface area (Å²) in [7, 11) is -0.459.